The zero-order valence-corrected chi connectivity index (χ0v) is 16.7. The largest absolute Gasteiger partial charge is 0.465 e. The Balaban J connectivity index is 1.91. The number of carbonyl (C=O) groups excluding carboxylic acids is 2. The lowest BCUT2D eigenvalue weighted by molar-refractivity contribution is -0.266. The standard InChI is InChI=1S/C20H17F3N2O4S/c1-11-7-8-12(17(27)29-2)9-14(11)24-16(26)10-19(28,20(21,22)23)18-25-13-5-3-4-6-15(13)30-18/h3-9,28H,10H2,1-2H3,(H,24,26). The van der Waals surface area contributed by atoms with Crippen molar-refractivity contribution in [2.24, 2.45) is 0 Å². The number of halogens is 3. The quantitative estimate of drug-likeness (QED) is 0.584. The van der Waals surface area contributed by atoms with Crippen molar-refractivity contribution in [2.75, 3.05) is 12.4 Å². The molecule has 10 heteroatoms. The van der Waals surface area contributed by atoms with Gasteiger partial charge >= 0.3 is 12.1 Å². The van der Waals surface area contributed by atoms with Crippen LogP contribution in [0.15, 0.2) is 42.5 Å². The van der Waals surface area contributed by atoms with Crippen molar-refractivity contribution < 1.29 is 32.6 Å². The number of alkyl halides is 3. The first-order valence-electron chi connectivity index (χ1n) is 8.69. The minimum atomic E-state index is -5.14. The van der Waals surface area contributed by atoms with Crippen molar-refractivity contribution in [1.82, 2.24) is 4.98 Å². The Morgan fingerprint density at radius 2 is 1.90 bits per heavy atom. The summed E-state index contributed by atoms with van der Waals surface area (Å²) in [4.78, 5) is 28.0. The fourth-order valence-electron chi connectivity index (χ4n) is 2.77. The molecule has 2 N–H and O–H groups in total. The van der Waals surface area contributed by atoms with Gasteiger partial charge in [0.2, 0.25) is 11.5 Å². The number of fused-ring (bicyclic) bond motifs is 1. The summed E-state index contributed by atoms with van der Waals surface area (Å²) in [6, 6.07) is 10.6. The fourth-order valence-corrected chi connectivity index (χ4v) is 3.85. The van der Waals surface area contributed by atoms with Crippen molar-refractivity contribution in [3.8, 4) is 0 Å². The number of hydrogen-bond donors (Lipinski definition) is 2. The lowest BCUT2D eigenvalue weighted by Crippen LogP contribution is -2.45. The summed E-state index contributed by atoms with van der Waals surface area (Å²) in [5.41, 5.74) is -2.39. The lowest BCUT2D eigenvalue weighted by Gasteiger charge is -2.28. The number of benzene rings is 2. The molecule has 3 aromatic rings. The van der Waals surface area contributed by atoms with Crippen LogP contribution in [0.2, 0.25) is 0 Å². The van der Waals surface area contributed by atoms with E-state index in [4.69, 9.17) is 0 Å². The first-order valence-corrected chi connectivity index (χ1v) is 9.51. The second-order valence-electron chi connectivity index (χ2n) is 6.59. The van der Waals surface area contributed by atoms with Gasteiger partial charge in [-0.05, 0) is 36.8 Å². The average molecular weight is 438 g/mol. The molecule has 0 aliphatic heterocycles. The third kappa shape index (κ3) is 4.14. The summed E-state index contributed by atoms with van der Waals surface area (Å²) < 4.78 is 46.4. The summed E-state index contributed by atoms with van der Waals surface area (Å²) in [5, 5.41) is 12.2. The van der Waals surface area contributed by atoms with Crippen molar-refractivity contribution >= 4 is 39.1 Å². The number of amides is 1. The second kappa shape index (κ2) is 8.04. The van der Waals surface area contributed by atoms with Crippen LogP contribution in [0, 0.1) is 6.92 Å². The number of methoxy groups -OCH3 is 1. The molecule has 1 heterocycles. The summed E-state index contributed by atoms with van der Waals surface area (Å²) in [6.45, 7) is 1.61. The Morgan fingerprint density at radius 3 is 2.53 bits per heavy atom. The molecule has 0 bridgehead atoms. The van der Waals surface area contributed by atoms with E-state index in [0.29, 0.717) is 27.1 Å². The van der Waals surface area contributed by atoms with E-state index in [2.05, 4.69) is 15.0 Å². The van der Waals surface area contributed by atoms with Gasteiger partial charge in [-0.2, -0.15) is 13.2 Å². The van der Waals surface area contributed by atoms with Gasteiger partial charge in [0.1, 0.15) is 5.01 Å². The molecular formula is C20H17F3N2O4S. The molecule has 6 nitrogen and oxygen atoms in total. The van der Waals surface area contributed by atoms with Gasteiger partial charge in [-0.25, -0.2) is 9.78 Å². The zero-order chi connectivity index (χ0) is 22.1. The van der Waals surface area contributed by atoms with Gasteiger partial charge in [0.05, 0.1) is 29.3 Å². The van der Waals surface area contributed by atoms with Gasteiger partial charge < -0.3 is 15.2 Å². The number of thiazole rings is 1. The molecule has 1 unspecified atom stereocenters. The average Bonchev–Trinajstić information content (AvgIpc) is 3.13. The van der Waals surface area contributed by atoms with Gasteiger partial charge in [-0.15, -0.1) is 11.3 Å². The molecule has 0 aliphatic rings. The Bertz CT molecular complexity index is 1080. The zero-order valence-electron chi connectivity index (χ0n) is 15.9. The highest BCUT2D eigenvalue weighted by molar-refractivity contribution is 7.18. The summed E-state index contributed by atoms with van der Waals surface area (Å²) in [6.07, 6.45) is -6.43. The van der Waals surface area contributed by atoms with Crippen LogP contribution >= 0.6 is 11.3 Å². The number of para-hydroxylation sites is 1. The number of aliphatic hydroxyl groups is 1. The summed E-state index contributed by atoms with van der Waals surface area (Å²) in [7, 11) is 1.18. The van der Waals surface area contributed by atoms with Gasteiger partial charge in [-0.1, -0.05) is 18.2 Å². The lowest BCUT2D eigenvalue weighted by atomic mass is 9.99. The SMILES string of the molecule is COC(=O)c1ccc(C)c(NC(=O)CC(O)(c2nc3ccccc3s2)C(F)(F)F)c1. The van der Waals surface area contributed by atoms with Crippen LogP contribution in [0.25, 0.3) is 10.2 Å². The Hall–Kier alpha value is -2.98. The Morgan fingerprint density at radius 1 is 1.20 bits per heavy atom. The van der Waals surface area contributed by atoms with E-state index >= 15 is 0 Å². The van der Waals surface area contributed by atoms with Crippen LogP contribution in [0.5, 0.6) is 0 Å². The Kier molecular flexibility index (Phi) is 5.82. The van der Waals surface area contributed by atoms with Crippen LogP contribution in [0.1, 0.15) is 27.3 Å². The monoisotopic (exact) mass is 438 g/mol. The number of ether oxygens (including phenoxy) is 1. The van der Waals surface area contributed by atoms with E-state index in [-0.39, 0.29) is 11.3 Å². The summed E-state index contributed by atoms with van der Waals surface area (Å²) >= 11 is 0.670. The van der Waals surface area contributed by atoms with Gasteiger partial charge in [0, 0.05) is 5.69 Å². The molecule has 0 radical (unpaired) electrons. The first-order chi connectivity index (χ1) is 14.0. The van der Waals surface area contributed by atoms with Gasteiger partial charge in [-0.3, -0.25) is 4.79 Å². The molecule has 1 aromatic heterocycles. The molecule has 0 saturated heterocycles. The molecule has 158 valence electrons. The second-order valence-corrected chi connectivity index (χ2v) is 7.62. The van der Waals surface area contributed by atoms with E-state index in [1.807, 2.05) is 0 Å². The molecular weight excluding hydrogens is 421 g/mol. The first kappa shape index (κ1) is 21.7. The molecule has 1 atom stereocenters. The highest BCUT2D eigenvalue weighted by atomic mass is 32.1. The van der Waals surface area contributed by atoms with Crippen molar-refractivity contribution in [3.05, 3.63) is 58.6 Å². The number of nitrogens with one attached hydrogen (secondary N) is 1. The molecule has 30 heavy (non-hydrogen) atoms. The molecule has 2 aromatic carbocycles. The molecule has 1 amide bonds. The predicted octanol–water partition coefficient (Wildman–Crippen LogP) is 4.17. The van der Waals surface area contributed by atoms with Crippen LogP contribution < -0.4 is 5.32 Å². The number of rotatable bonds is 5. The van der Waals surface area contributed by atoms with Crippen molar-refractivity contribution in [3.63, 3.8) is 0 Å². The van der Waals surface area contributed by atoms with Crippen LogP contribution in [0.4, 0.5) is 18.9 Å². The highest BCUT2D eigenvalue weighted by Crippen LogP contribution is 2.44. The minimum absolute atomic E-state index is 0.121. The van der Waals surface area contributed by atoms with Crippen LogP contribution in [0.3, 0.4) is 0 Å². The van der Waals surface area contributed by atoms with E-state index in [1.165, 1.54) is 31.4 Å². The minimum Gasteiger partial charge on any atom is -0.465 e. The van der Waals surface area contributed by atoms with E-state index in [0.717, 1.165) is 0 Å². The number of carbonyl (C=O) groups is 2. The maximum Gasteiger partial charge on any atom is 0.424 e. The number of esters is 1. The molecule has 0 saturated carbocycles. The number of aromatic nitrogens is 1. The van der Waals surface area contributed by atoms with E-state index < -0.39 is 35.1 Å². The van der Waals surface area contributed by atoms with Crippen LogP contribution in [-0.2, 0) is 15.1 Å². The number of aryl methyl sites for hydroxylation is 1. The maximum absolute atomic E-state index is 13.8. The Labute approximate surface area is 173 Å². The smallest absolute Gasteiger partial charge is 0.424 e. The summed E-state index contributed by atoms with van der Waals surface area (Å²) in [5.74, 6) is -1.74. The number of nitrogens with zero attached hydrogens (tertiary/aromatic N) is 1. The molecule has 3 rings (SSSR count). The predicted molar refractivity (Wildman–Crippen MR) is 105 cm³/mol. The molecule has 0 aliphatic carbocycles. The van der Waals surface area contributed by atoms with Crippen molar-refractivity contribution in [1.29, 1.82) is 0 Å². The van der Waals surface area contributed by atoms with Gasteiger partial charge in [0.25, 0.3) is 0 Å². The third-order valence-corrected chi connectivity index (χ3v) is 5.65. The van der Waals surface area contributed by atoms with Crippen LogP contribution in [-0.4, -0.2) is 35.3 Å². The molecule has 0 fully saturated rings. The van der Waals surface area contributed by atoms with E-state index in [9.17, 15) is 27.9 Å². The third-order valence-electron chi connectivity index (χ3n) is 4.47. The van der Waals surface area contributed by atoms with Gasteiger partial charge in [0.15, 0.2) is 0 Å². The normalized spacial score (nSPS) is 13.7. The number of anilines is 1. The fraction of sp³-hybridized carbons (Fsp3) is 0.250. The highest BCUT2D eigenvalue weighted by Gasteiger charge is 2.58. The topological polar surface area (TPSA) is 88.5 Å². The number of hydrogen-bond acceptors (Lipinski definition) is 6. The maximum atomic E-state index is 13.8. The van der Waals surface area contributed by atoms with Crippen molar-refractivity contribution in [2.45, 2.75) is 25.1 Å². The molecule has 0 spiro atoms. The van der Waals surface area contributed by atoms with E-state index in [1.54, 1.807) is 25.1 Å².